The molecule has 3 rings (SSSR count). The van der Waals surface area contributed by atoms with Gasteiger partial charge in [-0.15, -0.1) is 0 Å². The maximum Gasteiger partial charge on any atom is 0.332 e. The number of hydrogen-bond acceptors (Lipinski definition) is 5. The molecule has 1 aromatic carbocycles. The van der Waals surface area contributed by atoms with Gasteiger partial charge in [0, 0.05) is 26.6 Å². The second-order valence-electron chi connectivity index (χ2n) is 5.45. The van der Waals surface area contributed by atoms with Crippen LogP contribution >= 0.6 is 0 Å². The van der Waals surface area contributed by atoms with Crippen LogP contribution in [0.2, 0.25) is 0 Å². The zero-order valence-electron chi connectivity index (χ0n) is 13.5. The zero-order valence-corrected chi connectivity index (χ0v) is 13.5. The number of hydrogen-bond donors (Lipinski definition) is 0. The highest BCUT2D eigenvalue weighted by atomic mass is 16.5. The van der Waals surface area contributed by atoms with Crippen molar-refractivity contribution in [1.82, 2.24) is 18.7 Å². The molecule has 0 atom stereocenters. The summed E-state index contributed by atoms with van der Waals surface area (Å²) in [5, 5.41) is 0. The maximum absolute atomic E-state index is 12.4. The molecule has 0 N–H and O–H groups in total. The number of aromatic nitrogens is 4. The second kappa shape index (κ2) is 5.80. The van der Waals surface area contributed by atoms with E-state index in [1.165, 1.54) is 24.9 Å². The van der Waals surface area contributed by atoms with Crippen LogP contribution in [0.15, 0.2) is 40.2 Å². The van der Waals surface area contributed by atoms with Crippen LogP contribution in [0.4, 0.5) is 0 Å². The summed E-state index contributed by atoms with van der Waals surface area (Å²) in [6.45, 7) is 1.61. The normalized spacial score (nSPS) is 11.0. The summed E-state index contributed by atoms with van der Waals surface area (Å²) in [5.74, 6) is 0.00439. The molecule has 2 aromatic heterocycles. The van der Waals surface area contributed by atoms with Crippen molar-refractivity contribution in [2.24, 2.45) is 14.1 Å². The number of fused-ring (bicyclic) bond motifs is 1. The lowest BCUT2D eigenvalue weighted by molar-refractivity contribution is -0.131. The number of nitrogens with zero attached hydrogens (tertiary/aromatic N) is 4. The van der Waals surface area contributed by atoms with E-state index in [0.29, 0.717) is 16.9 Å². The molecule has 0 bridgehead atoms. The number of carbonyl (C=O) groups is 1. The number of aryl methyl sites for hydroxylation is 1. The molecule has 24 heavy (non-hydrogen) atoms. The predicted molar refractivity (Wildman–Crippen MR) is 87.1 cm³/mol. The van der Waals surface area contributed by atoms with Crippen molar-refractivity contribution in [3.05, 3.63) is 57.0 Å². The summed E-state index contributed by atoms with van der Waals surface area (Å²) < 4.78 is 9.19. The fourth-order valence-electron chi connectivity index (χ4n) is 2.59. The molecule has 0 radical (unpaired) electrons. The van der Waals surface area contributed by atoms with Gasteiger partial charge >= 0.3 is 11.7 Å². The number of carbonyl (C=O) groups excluding carboxylic acids is 1. The molecule has 8 nitrogen and oxygen atoms in total. The Bertz CT molecular complexity index is 1060. The van der Waals surface area contributed by atoms with E-state index in [0.717, 1.165) is 10.1 Å². The first-order valence-electron chi connectivity index (χ1n) is 7.27. The minimum atomic E-state index is -0.432. The second-order valence-corrected chi connectivity index (χ2v) is 5.45. The van der Waals surface area contributed by atoms with Crippen molar-refractivity contribution in [1.29, 1.82) is 0 Å². The molecule has 0 fully saturated rings. The van der Waals surface area contributed by atoms with Gasteiger partial charge in [0.25, 0.3) is 5.56 Å². The summed E-state index contributed by atoms with van der Waals surface area (Å²) in [4.78, 5) is 39.8. The fourth-order valence-corrected chi connectivity index (χ4v) is 2.59. The molecule has 0 saturated carbocycles. The number of rotatable bonds is 3. The van der Waals surface area contributed by atoms with E-state index in [4.69, 9.17) is 4.74 Å². The molecule has 2 heterocycles. The van der Waals surface area contributed by atoms with Crippen LogP contribution in [0.5, 0.6) is 5.75 Å². The van der Waals surface area contributed by atoms with Crippen LogP contribution in [-0.2, 0) is 25.4 Å². The van der Waals surface area contributed by atoms with E-state index < -0.39 is 17.2 Å². The molecule has 0 aliphatic rings. The van der Waals surface area contributed by atoms with Crippen LogP contribution in [-0.4, -0.2) is 24.7 Å². The molecular formula is C16H16N4O4. The number of para-hydroxylation sites is 1. The molecule has 0 aliphatic carbocycles. The van der Waals surface area contributed by atoms with Crippen molar-refractivity contribution < 1.29 is 9.53 Å². The summed E-state index contributed by atoms with van der Waals surface area (Å²) >= 11 is 0. The first-order chi connectivity index (χ1) is 11.4. The first-order valence-corrected chi connectivity index (χ1v) is 7.27. The Labute approximate surface area is 136 Å². The van der Waals surface area contributed by atoms with Crippen LogP contribution < -0.4 is 16.0 Å². The van der Waals surface area contributed by atoms with Crippen LogP contribution in [0.3, 0.4) is 0 Å². The van der Waals surface area contributed by atoms with Crippen molar-refractivity contribution >= 4 is 17.1 Å². The molecule has 8 heteroatoms. The molecule has 0 saturated heterocycles. The fraction of sp³-hybridized carbons (Fsp3) is 0.250. The summed E-state index contributed by atoms with van der Waals surface area (Å²) in [6.07, 6.45) is 1.50. The van der Waals surface area contributed by atoms with E-state index in [1.54, 1.807) is 29.8 Å². The minimum absolute atomic E-state index is 0.285. The molecular weight excluding hydrogens is 312 g/mol. The van der Waals surface area contributed by atoms with Crippen LogP contribution in [0.1, 0.15) is 12.5 Å². The molecule has 0 spiro atoms. The average molecular weight is 328 g/mol. The van der Waals surface area contributed by atoms with Gasteiger partial charge in [-0.25, -0.2) is 9.78 Å². The zero-order chi connectivity index (χ0) is 17.4. The summed E-state index contributed by atoms with van der Waals surface area (Å²) in [5.41, 5.74) is 0.502. The van der Waals surface area contributed by atoms with Gasteiger partial charge < -0.3 is 9.30 Å². The van der Waals surface area contributed by atoms with Gasteiger partial charge in [-0.2, -0.15) is 0 Å². The monoisotopic (exact) mass is 328 g/mol. The lowest BCUT2D eigenvalue weighted by Gasteiger charge is -2.10. The Kier molecular flexibility index (Phi) is 3.80. The Morgan fingerprint density at radius 3 is 2.58 bits per heavy atom. The predicted octanol–water partition coefficient (Wildman–Crippen LogP) is 0.407. The Hall–Kier alpha value is -3.16. The largest absolute Gasteiger partial charge is 0.426 e. The summed E-state index contributed by atoms with van der Waals surface area (Å²) in [7, 11) is 2.99. The molecule has 0 unspecified atom stereocenters. The van der Waals surface area contributed by atoms with Gasteiger partial charge in [-0.3, -0.25) is 18.7 Å². The quantitative estimate of drug-likeness (QED) is 0.513. The van der Waals surface area contributed by atoms with E-state index >= 15 is 0 Å². The first kappa shape index (κ1) is 15.7. The number of benzene rings is 1. The molecule has 3 aromatic rings. The average Bonchev–Trinajstić information content (AvgIpc) is 2.96. The van der Waals surface area contributed by atoms with Crippen molar-refractivity contribution in [3.63, 3.8) is 0 Å². The van der Waals surface area contributed by atoms with Crippen molar-refractivity contribution in [3.8, 4) is 5.75 Å². The topological polar surface area (TPSA) is 88.1 Å². The van der Waals surface area contributed by atoms with Gasteiger partial charge in [0.15, 0.2) is 11.2 Å². The minimum Gasteiger partial charge on any atom is -0.426 e. The van der Waals surface area contributed by atoms with Gasteiger partial charge in [-0.05, 0) is 6.07 Å². The van der Waals surface area contributed by atoms with Crippen molar-refractivity contribution in [2.75, 3.05) is 0 Å². The van der Waals surface area contributed by atoms with Crippen LogP contribution in [0.25, 0.3) is 11.2 Å². The van der Waals surface area contributed by atoms with E-state index in [-0.39, 0.29) is 6.54 Å². The highest BCUT2D eigenvalue weighted by Crippen LogP contribution is 2.20. The standard InChI is InChI=1S/C16H16N4O4/c1-10(21)24-12-7-5-4-6-11(12)8-20-9-17-14-13(20)15(22)19(3)16(23)18(14)2/h4-7,9H,8H2,1-3H3. The van der Waals surface area contributed by atoms with Gasteiger partial charge in [0.05, 0.1) is 12.9 Å². The molecule has 0 aliphatic heterocycles. The van der Waals surface area contributed by atoms with Gasteiger partial charge in [0.2, 0.25) is 0 Å². The lowest BCUT2D eigenvalue weighted by Crippen LogP contribution is -2.37. The molecule has 0 amide bonds. The third-order valence-electron chi connectivity index (χ3n) is 3.78. The Morgan fingerprint density at radius 2 is 1.88 bits per heavy atom. The molecule has 124 valence electrons. The SMILES string of the molecule is CC(=O)Oc1ccccc1Cn1cnc2c1c(=O)n(C)c(=O)n2C. The van der Waals surface area contributed by atoms with Crippen LogP contribution in [0, 0.1) is 0 Å². The highest BCUT2D eigenvalue weighted by molar-refractivity contribution is 5.71. The summed E-state index contributed by atoms with van der Waals surface area (Å²) in [6, 6.07) is 7.06. The maximum atomic E-state index is 12.4. The Balaban J connectivity index is 2.15. The van der Waals surface area contributed by atoms with Gasteiger partial charge in [0.1, 0.15) is 5.75 Å². The smallest absolute Gasteiger partial charge is 0.332 e. The lowest BCUT2D eigenvalue weighted by atomic mass is 10.2. The van der Waals surface area contributed by atoms with E-state index in [2.05, 4.69) is 4.98 Å². The van der Waals surface area contributed by atoms with E-state index in [1.807, 2.05) is 6.07 Å². The number of esters is 1. The Morgan fingerprint density at radius 1 is 1.17 bits per heavy atom. The van der Waals surface area contributed by atoms with Gasteiger partial charge in [-0.1, -0.05) is 18.2 Å². The number of imidazole rings is 1. The number of ether oxygens (including phenoxy) is 1. The highest BCUT2D eigenvalue weighted by Gasteiger charge is 2.15. The van der Waals surface area contributed by atoms with Crippen molar-refractivity contribution in [2.45, 2.75) is 13.5 Å². The van der Waals surface area contributed by atoms with E-state index in [9.17, 15) is 14.4 Å². The third-order valence-corrected chi connectivity index (χ3v) is 3.78. The third kappa shape index (κ3) is 2.51.